The molecule has 1 N–H and O–H groups in total. The van der Waals surface area contributed by atoms with Gasteiger partial charge in [0.05, 0.1) is 23.4 Å². The third-order valence-electron chi connectivity index (χ3n) is 4.68. The zero-order chi connectivity index (χ0) is 18.2. The predicted octanol–water partition coefficient (Wildman–Crippen LogP) is 3.19. The molecule has 2 atom stereocenters. The molecule has 5 nitrogen and oxygen atoms in total. The minimum atomic E-state index is -4.36. The Hall–Kier alpha value is -2.35. The Balaban J connectivity index is 1.70. The first kappa shape index (κ1) is 17.5. The molecule has 1 aromatic carbocycles. The molecule has 0 spiro atoms. The number of aromatic nitrogens is 2. The van der Waals surface area contributed by atoms with Crippen LogP contribution in [-0.4, -0.2) is 38.3 Å². The van der Waals surface area contributed by atoms with Gasteiger partial charge in [-0.3, -0.25) is 9.69 Å². The second-order valence-corrected chi connectivity index (χ2v) is 6.28. The SMILES string of the molecule is CC1C(C(=O)O)CCN1Cc1cnn(-c2ccc(C(F)(F)F)cc2)c1. The number of aliphatic carboxylic acids is 1. The van der Waals surface area contributed by atoms with Gasteiger partial charge in [0.1, 0.15) is 0 Å². The molecule has 2 heterocycles. The minimum absolute atomic E-state index is 0.0630. The summed E-state index contributed by atoms with van der Waals surface area (Å²) in [5.74, 6) is -1.15. The monoisotopic (exact) mass is 353 g/mol. The van der Waals surface area contributed by atoms with Crippen LogP contribution in [0.4, 0.5) is 13.2 Å². The van der Waals surface area contributed by atoms with Gasteiger partial charge >= 0.3 is 12.1 Å². The number of benzene rings is 1. The van der Waals surface area contributed by atoms with Gasteiger partial charge in [0.25, 0.3) is 0 Å². The average Bonchev–Trinajstić information content (AvgIpc) is 3.15. The fourth-order valence-corrected chi connectivity index (χ4v) is 3.18. The number of carbonyl (C=O) groups is 1. The van der Waals surface area contributed by atoms with Crippen LogP contribution in [0.25, 0.3) is 5.69 Å². The molecule has 0 bridgehead atoms. The number of likely N-dealkylation sites (tertiary alicyclic amines) is 1. The van der Waals surface area contributed by atoms with Crippen molar-refractivity contribution in [2.24, 2.45) is 5.92 Å². The fraction of sp³-hybridized carbons (Fsp3) is 0.412. The maximum absolute atomic E-state index is 12.6. The highest BCUT2D eigenvalue weighted by Crippen LogP contribution is 2.30. The number of rotatable bonds is 4. The second kappa shape index (κ2) is 6.51. The highest BCUT2D eigenvalue weighted by molar-refractivity contribution is 5.71. The van der Waals surface area contributed by atoms with Crippen molar-refractivity contribution >= 4 is 5.97 Å². The molecule has 25 heavy (non-hydrogen) atoms. The van der Waals surface area contributed by atoms with Gasteiger partial charge in [-0.15, -0.1) is 0 Å². The van der Waals surface area contributed by atoms with Gasteiger partial charge in [-0.05, 0) is 44.2 Å². The van der Waals surface area contributed by atoms with Crippen LogP contribution >= 0.6 is 0 Å². The van der Waals surface area contributed by atoms with E-state index in [1.807, 2.05) is 6.92 Å². The zero-order valence-corrected chi connectivity index (χ0v) is 13.6. The van der Waals surface area contributed by atoms with Crippen LogP contribution < -0.4 is 0 Å². The first-order chi connectivity index (χ1) is 11.8. The number of hydrogen-bond acceptors (Lipinski definition) is 3. The van der Waals surface area contributed by atoms with E-state index < -0.39 is 17.7 Å². The lowest BCUT2D eigenvalue weighted by Crippen LogP contribution is -2.32. The molecule has 1 aromatic heterocycles. The topological polar surface area (TPSA) is 58.4 Å². The van der Waals surface area contributed by atoms with Crippen LogP contribution in [0.1, 0.15) is 24.5 Å². The third kappa shape index (κ3) is 3.68. The van der Waals surface area contributed by atoms with Crippen molar-refractivity contribution in [2.45, 2.75) is 32.1 Å². The first-order valence-electron chi connectivity index (χ1n) is 7.94. The van der Waals surface area contributed by atoms with Gasteiger partial charge in [-0.25, -0.2) is 4.68 Å². The van der Waals surface area contributed by atoms with Crippen molar-refractivity contribution < 1.29 is 23.1 Å². The number of carboxylic acid groups (broad SMARTS) is 1. The van der Waals surface area contributed by atoms with E-state index in [1.54, 1.807) is 12.4 Å². The van der Waals surface area contributed by atoms with Crippen molar-refractivity contribution in [3.63, 3.8) is 0 Å². The van der Waals surface area contributed by atoms with E-state index in [1.165, 1.54) is 16.8 Å². The molecule has 1 aliphatic rings. The Labute approximate surface area is 142 Å². The van der Waals surface area contributed by atoms with Crippen LogP contribution in [-0.2, 0) is 17.5 Å². The summed E-state index contributed by atoms with van der Waals surface area (Å²) in [6, 6.07) is 4.73. The van der Waals surface area contributed by atoms with E-state index in [-0.39, 0.29) is 12.0 Å². The summed E-state index contributed by atoms with van der Waals surface area (Å²) in [6.45, 7) is 3.15. The molecule has 2 unspecified atom stereocenters. The summed E-state index contributed by atoms with van der Waals surface area (Å²) in [4.78, 5) is 13.3. The molecule has 0 radical (unpaired) electrons. The average molecular weight is 353 g/mol. The highest BCUT2D eigenvalue weighted by atomic mass is 19.4. The van der Waals surface area contributed by atoms with Crippen molar-refractivity contribution in [3.05, 3.63) is 47.8 Å². The molecule has 1 aliphatic heterocycles. The van der Waals surface area contributed by atoms with E-state index in [0.29, 0.717) is 25.2 Å². The predicted molar refractivity (Wildman–Crippen MR) is 84.2 cm³/mol. The Morgan fingerprint density at radius 1 is 1.32 bits per heavy atom. The van der Waals surface area contributed by atoms with Crippen molar-refractivity contribution in [2.75, 3.05) is 6.54 Å². The highest BCUT2D eigenvalue weighted by Gasteiger charge is 2.35. The van der Waals surface area contributed by atoms with E-state index >= 15 is 0 Å². The van der Waals surface area contributed by atoms with Crippen molar-refractivity contribution in [1.29, 1.82) is 0 Å². The number of alkyl halides is 3. The molecule has 3 rings (SSSR count). The van der Waals surface area contributed by atoms with Crippen LogP contribution in [0.15, 0.2) is 36.7 Å². The molecule has 134 valence electrons. The van der Waals surface area contributed by atoms with Crippen LogP contribution in [0.3, 0.4) is 0 Å². The largest absolute Gasteiger partial charge is 0.481 e. The molecule has 1 saturated heterocycles. The zero-order valence-electron chi connectivity index (χ0n) is 13.6. The van der Waals surface area contributed by atoms with Gasteiger partial charge in [-0.2, -0.15) is 18.3 Å². The quantitative estimate of drug-likeness (QED) is 0.917. The van der Waals surface area contributed by atoms with Crippen LogP contribution in [0.2, 0.25) is 0 Å². The summed E-state index contributed by atoms with van der Waals surface area (Å²) < 4.78 is 39.3. The maximum Gasteiger partial charge on any atom is 0.416 e. The molecular weight excluding hydrogens is 335 g/mol. The lowest BCUT2D eigenvalue weighted by molar-refractivity contribution is -0.142. The van der Waals surface area contributed by atoms with Crippen molar-refractivity contribution in [1.82, 2.24) is 14.7 Å². The summed E-state index contributed by atoms with van der Waals surface area (Å²) in [7, 11) is 0. The van der Waals surface area contributed by atoms with E-state index in [9.17, 15) is 23.1 Å². The van der Waals surface area contributed by atoms with Gasteiger partial charge in [0.15, 0.2) is 0 Å². The molecule has 2 aromatic rings. The standard InChI is InChI=1S/C17H18F3N3O2/c1-11-15(16(24)25)6-7-22(11)9-12-8-21-23(10-12)14-4-2-13(3-5-14)17(18,19)20/h2-5,8,10-11,15H,6-7,9H2,1H3,(H,24,25). The summed E-state index contributed by atoms with van der Waals surface area (Å²) in [5, 5.41) is 13.4. The number of carboxylic acids is 1. The maximum atomic E-state index is 12.6. The number of hydrogen-bond donors (Lipinski definition) is 1. The van der Waals surface area contributed by atoms with Crippen LogP contribution in [0, 0.1) is 5.92 Å². The Bertz CT molecular complexity index is 755. The Morgan fingerprint density at radius 2 is 2.00 bits per heavy atom. The normalized spacial score (nSPS) is 21.6. The number of halogens is 3. The lowest BCUT2D eigenvalue weighted by atomic mass is 10.0. The van der Waals surface area contributed by atoms with Gasteiger partial charge in [-0.1, -0.05) is 0 Å². The van der Waals surface area contributed by atoms with E-state index in [2.05, 4.69) is 10.00 Å². The first-order valence-corrected chi connectivity index (χ1v) is 7.94. The molecule has 8 heteroatoms. The summed E-state index contributed by atoms with van der Waals surface area (Å²) in [6.07, 6.45) is -0.341. The minimum Gasteiger partial charge on any atom is -0.481 e. The molecule has 0 saturated carbocycles. The molecular formula is C17H18F3N3O2. The Morgan fingerprint density at radius 3 is 2.56 bits per heavy atom. The second-order valence-electron chi connectivity index (χ2n) is 6.28. The summed E-state index contributed by atoms with van der Waals surface area (Å²) in [5.41, 5.74) is 0.726. The smallest absolute Gasteiger partial charge is 0.416 e. The van der Waals surface area contributed by atoms with Gasteiger partial charge in [0, 0.05) is 24.3 Å². The summed E-state index contributed by atoms with van der Waals surface area (Å²) >= 11 is 0. The van der Waals surface area contributed by atoms with Crippen LogP contribution in [0.5, 0.6) is 0 Å². The van der Waals surface area contributed by atoms with Gasteiger partial charge in [0.2, 0.25) is 0 Å². The molecule has 0 amide bonds. The van der Waals surface area contributed by atoms with E-state index in [4.69, 9.17) is 0 Å². The van der Waals surface area contributed by atoms with E-state index in [0.717, 1.165) is 17.7 Å². The Kier molecular flexibility index (Phi) is 4.55. The lowest BCUT2D eigenvalue weighted by Gasteiger charge is -2.22. The third-order valence-corrected chi connectivity index (χ3v) is 4.68. The molecule has 0 aliphatic carbocycles. The fourth-order valence-electron chi connectivity index (χ4n) is 3.18. The molecule has 1 fully saturated rings. The number of nitrogens with zero attached hydrogens (tertiary/aromatic N) is 3. The van der Waals surface area contributed by atoms with Crippen molar-refractivity contribution in [3.8, 4) is 5.69 Å². The van der Waals surface area contributed by atoms with Gasteiger partial charge < -0.3 is 5.11 Å².